The van der Waals surface area contributed by atoms with Crippen LogP contribution in [0.2, 0.25) is 0 Å². The molecule has 1 N–H and O–H groups in total. The molecule has 0 aliphatic carbocycles. The molecule has 1 saturated heterocycles. The molecule has 2 aromatic carbocycles. The molecule has 34 heavy (non-hydrogen) atoms. The molecule has 174 valence electrons. The lowest BCUT2D eigenvalue weighted by atomic mass is 10.0. The number of nitrogens with one attached hydrogen (secondary N) is 1. The summed E-state index contributed by atoms with van der Waals surface area (Å²) in [6.07, 6.45) is 0.491. The number of aromatic nitrogens is 3. The van der Waals surface area contributed by atoms with Crippen molar-refractivity contribution in [3.8, 4) is 11.3 Å². The van der Waals surface area contributed by atoms with E-state index in [4.69, 9.17) is 4.98 Å². The Hall–Kier alpha value is -3.52. The summed E-state index contributed by atoms with van der Waals surface area (Å²) in [5.74, 6) is -0.0405. The van der Waals surface area contributed by atoms with Crippen LogP contribution in [0.5, 0.6) is 0 Å². The van der Waals surface area contributed by atoms with E-state index < -0.39 is 9.84 Å². The summed E-state index contributed by atoms with van der Waals surface area (Å²) in [7, 11) is -3.10. The topological polar surface area (TPSA) is 94.0 Å². The molecule has 1 aliphatic heterocycles. The van der Waals surface area contributed by atoms with Crippen LogP contribution >= 0.6 is 0 Å². The highest BCUT2D eigenvalue weighted by atomic mass is 32.2. The Morgan fingerprint density at radius 3 is 2.50 bits per heavy atom. The molecule has 0 spiro atoms. The summed E-state index contributed by atoms with van der Waals surface area (Å²) in [5.41, 5.74) is 5.36. The molecule has 1 atom stereocenters. The fraction of sp³-hybridized carbons (Fsp3) is 0.269. The quantitative estimate of drug-likeness (QED) is 0.472. The van der Waals surface area contributed by atoms with Crippen molar-refractivity contribution in [1.82, 2.24) is 20.1 Å². The molecule has 3 heterocycles. The lowest BCUT2D eigenvalue weighted by Gasteiger charge is -2.12. The van der Waals surface area contributed by atoms with Crippen molar-refractivity contribution < 1.29 is 13.2 Å². The van der Waals surface area contributed by atoms with Crippen LogP contribution in [-0.4, -0.2) is 40.6 Å². The van der Waals surface area contributed by atoms with Gasteiger partial charge in [0.05, 0.1) is 39.9 Å². The first kappa shape index (κ1) is 22.3. The van der Waals surface area contributed by atoms with Gasteiger partial charge in [0.15, 0.2) is 15.5 Å². The van der Waals surface area contributed by atoms with Gasteiger partial charge in [-0.1, -0.05) is 60.2 Å². The van der Waals surface area contributed by atoms with Gasteiger partial charge in [0.25, 0.3) is 5.91 Å². The number of benzene rings is 2. The molecular weight excluding hydrogens is 448 g/mol. The van der Waals surface area contributed by atoms with Crippen LogP contribution in [0.4, 0.5) is 0 Å². The average Bonchev–Trinajstić information content (AvgIpc) is 3.36. The van der Waals surface area contributed by atoms with E-state index in [1.807, 2.05) is 68.4 Å². The predicted octanol–water partition coefficient (Wildman–Crippen LogP) is 4.00. The van der Waals surface area contributed by atoms with Crippen molar-refractivity contribution in [2.45, 2.75) is 32.9 Å². The van der Waals surface area contributed by atoms with Gasteiger partial charge >= 0.3 is 0 Å². The van der Waals surface area contributed by atoms with Gasteiger partial charge in [0, 0.05) is 12.1 Å². The van der Waals surface area contributed by atoms with Gasteiger partial charge in [0.2, 0.25) is 0 Å². The normalized spacial score (nSPS) is 17.2. The van der Waals surface area contributed by atoms with E-state index in [0.29, 0.717) is 41.0 Å². The molecule has 0 radical (unpaired) electrons. The van der Waals surface area contributed by atoms with Gasteiger partial charge in [-0.3, -0.25) is 4.79 Å². The number of hydrogen-bond donors (Lipinski definition) is 1. The van der Waals surface area contributed by atoms with Gasteiger partial charge in [-0.25, -0.2) is 18.1 Å². The van der Waals surface area contributed by atoms with Gasteiger partial charge in [-0.2, -0.15) is 5.10 Å². The SMILES string of the molecule is Cc1ccc(-c2cc(C(=O)NCc3ccccc3)c3c(C)nn(C4CCS(=O)(=O)C4)c3n2)cc1. The Bertz CT molecular complexity index is 1480. The summed E-state index contributed by atoms with van der Waals surface area (Å²) in [4.78, 5) is 18.3. The molecule has 1 unspecified atom stereocenters. The number of pyridine rings is 1. The highest BCUT2D eigenvalue weighted by molar-refractivity contribution is 7.91. The summed E-state index contributed by atoms with van der Waals surface area (Å²) >= 11 is 0. The number of rotatable bonds is 5. The predicted molar refractivity (Wildman–Crippen MR) is 132 cm³/mol. The number of aryl methyl sites for hydroxylation is 2. The molecule has 7 nitrogen and oxygen atoms in total. The Morgan fingerprint density at radius 1 is 1.09 bits per heavy atom. The van der Waals surface area contributed by atoms with E-state index in [9.17, 15) is 13.2 Å². The van der Waals surface area contributed by atoms with E-state index in [1.54, 1.807) is 10.7 Å². The number of nitrogens with zero attached hydrogens (tertiary/aromatic N) is 3. The molecule has 1 aliphatic rings. The van der Waals surface area contributed by atoms with E-state index in [2.05, 4.69) is 10.4 Å². The number of fused-ring (bicyclic) bond motifs is 1. The van der Waals surface area contributed by atoms with Crippen LogP contribution < -0.4 is 5.32 Å². The van der Waals surface area contributed by atoms with Crippen LogP contribution in [0.15, 0.2) is 60.7 Å². The van der Waals surface area contributed by atoms with Crippen LogP contribution in [0, 0.1) is 13.8 Å². The molecular formula is C26H26N4O3S. The average molecular weight is 475 g/mol. The van der Waals surface area contributed by atoms with Crippen molar-refractivity contribution in [3.63, 3.8) is 0 Å². The monoisotopic (exact) mass is 474 g/mol. The van der Waals surface area contributed by atoms with E-state index in [-0.39, 0.29) is 23.5 Å². The molecule has 2 aromatic heterocycles. The minimum atomic E-state index is -3.10. The first-order valence-corrected chi connectivity index (χ1v) is 13.1. The molecule has 5 rings (SSSR count). The molecule has 8 heteroatoms. The van der Waals surface area contributed by atoms with Crippen LogP contribution in [-0.2, 0) is 16.4 Å². The number of hydrogen-bond acceptors (Lipinski definition) is 5. The second-order valence-electron chi connectivity index (χ2n) is 8.87. The van der Waals surface area contributed by atoms with Crippen LogP contribution in [0.25, 0.3) is 22.3 Å². The number of carbonyl (C=O) groups is 1. The lowest BCUT2D eigenvalue weighted by molar-refractivity contribution is 0.0952. The van der Waals surface area contributed by atoms with Gasteiger partial charge in [-0.15, -0.1) is 0 Å². The smallest absolute Gasteiger partial charge is 0.252 e. The number of carbonyl (C=O) groups excluding carboxylic acids is 1. The third-order valence-corrected chi connectivity index (χ3v) is 8.03. The highest BCUT2D eigenvalue weighted by Gasteiger charge is 2.32. The van der Waals surface area contributed by atoms with Crippen molar-refractivity contribution in [3.05, 3.63) is 83.0 Å². The van der Waals surface area contributed by atoms with Crippen LogP contribution in [0.1, 0.15) is 39.6 Å². The van der Waals surface area contributed by atoms with Crippen molar-refractivity contribution in [2.24, 2.45) is 0 Å². The Labute approximate surface area is 198 Å². The lowest BCUT2D eigenvalue weighted by Crippen LogP contribution is -2.23. The molecule has 0 saturated carbocycles. The summed E-state index contributed by atoms with van der Waals surface area (Å²) in [6.45, 7) is 4.25. The second-order valence-corrected chi connectivity index (χ2v) is 11.1. The first-order valence-electron chi connectivity index (χ1n) is 11.3. The summed E-state index contributed by atoms with van der Waals surface area (Å²) in [6, 6.07) is 19.2. The maximum absolute atomic E-state index is 13.4. The van der Waals surface area contributed by atoms with Gasteiger partial charge < -0.3 is 5.32 Å². The third kappa shape index (κ3) is 4.33. The van der Waals surface area contributed by atoms with E-state index in [0.717, 1.165) is 16.7 Å². The maximum atomic E-state index is 13.4. The zero-order valence-corrected chi connectivity index (χ0v) is 20.0. The van der Waals surface area contributed by atoms with E-state index >= 15 is 0 Å². The maximum Gasteiger partial charge on any atom is 0.252 e. The fourth-order valence-corrected chi connectivity index (χ4v) is 6.15. The minimum absolute atomic E-state index is 0.0369. The minimum Gasteiger partial charge on any atom is -0.348 e. The largest absolute Gasteiger partial charge is 0.348 e. The van der Waals surface area contributed by atoms with Crippen LogP contribution in [0.3, 0.4) is 0 Å². The summed E-state index contributed by atoms with van der Waals surface area (Å²) < 4.78 is 26.0. The number of amides is 1. The van der Waals surface area contributed by atoms with Crippen molar-refractivity contribution in [1.29, 1.82) is 0 Å². The summed E-state index contributed by atoms with van der Waals surface area (Å²) in [5, 5.41) is 8.33. The van der Waals surface area contributed by atoms with E-state index in [1.165, 1.54) is 0 Å². The Balaban J connectivity index is 1.62. The zero-order valence-electron chi connectivity index (χ0n) is 19.2. The number of sulfone groups is 1. The molecule has 4 aromatic rings. The molecule has 0 bridgehead atoms. The second kappa shape index (κ2) is 8.68. The van der Waals surface area contributed by atoms with Gasteiger partial charge in [-0.05, 0) is 31.9 Å². The van der Waals surface area contributed by atoms with Crippen molar-refractivity contribution in [2.75, 3.05) is 11.5 Å². The third-order valence-electron chi connectivity index (χ3n) is 6.28. The highest BCUT2D eigenvalue weighted by Crippen LogP contribution is 2.32. The molecule has 1 fully saturated rings. The fourth-order valence-electron chi connectivity index (χ4n) is 4.46. The Kier molecular flexibility index (Phi) is 5.69. The molecule has 1 amide bonds. The van der Waals surface area contributed by atoms with Gasteiger partial charge in [0.1, 0.15) is 0 Å². The zero-order chi connectivity index (χ0) is 23.9. The first-order chi connectivity index (χ1) is 16.3. The standard InChI is InChI=1S/C26H26N4O3S/c1-17-8-10-20(11-9-17)23-14-22(26(31)27-15-19-6-4-3-5-7-19)24-18(2)29-30(25(24)28-23)21-12-13-34(32,33)16-21/h3-11,14,21H,12-13,15-16H2,1-2H3,(H,27,31). The Morgan fingerprint density at radius 2 is 1.82 bits per heavy atom. The van der Waals surface area contributed by atoms with Crippen molar-refractivity contribution >= 4 is 26.8 Å².